The highest BCUT2D eigenvalue weighted by molar-refractivity contribution is 7.89. The number of carbonyl (C=O) groups excluding carboxylic acids is 2. The fourth-order valence-corrected chi connectivity index (χ4v) is 11.8. The monoisotopic (exact) mass is 975 g/mol. The minimum Gasteiger partial charge on any atom is -0.456 e. The number of nitrogens with one attached hydrogen (secondary N) is 3. The number of nitrogens with zero attached hydrogens (tertiary/aromatic N) is 2. The van der Waals surface area contributed by atoms with Gasteiger partial charge in [-0.2, -0.15) is 12.7 Å². The van der Waals surface area contributed by atoms with Gasteiger partial charge < -0.3 is 20.4 Å². The zero-order valence-corrected chi connectivity index (χ0v) is 43.4. The van der Waals surface area contributed by atoms with E-state index in [1.54, 1.807) is 30.3 Å². The van der Waals surface area contributed by atoms with Crippen LogP contribution in [-0.4, -0.2) is 50.6 Å². The van der Waals surface area contributed by atoms with Crippen molar-refractivity contribution in [3.63, 3.8) is 0 Å². The molecule has 15 heteroatoms. The van der Waals surface area contributed by atoms with E-state index in [4.69, 9.17) is 9.41 Å². The summed E-state index contributed by atoms with van der Waals surface area (Å²) in [6, 6.07) is 18.4. The van der Waals surface area contributed by atoms with Crippen LogP contribution in [0.2, 0.25) is 0 Å². The van der Waals surface area contributed by atoms with E-state index in [0.717, 1.165) is 39.9 Å². The molecule has 7 rings (SSSR count). The average Bonchev–Trinajstić information content (AvgIpc) is 3.24. The summed E-state index contributed by atoms with van der Waals surface area (Å²) in [5.41, 5.74) is 8.69. The van der Waals surface area contributed by atoms with Crippen molar-refractivity contribution in [2.45, 2.75) is 125 Å². The Bertz CT molecular complexity index is 3300. The zero-order chi connectivity index (χ0) is 50.5. The summed E-state index contributed by atoms with van der Waals surface area (Å²) in [7, 11) is -9.02. The maximum atomic E-state index is 15.0. The number of anilines is 4. The molecule has 4 N–H and O–H groups in total. The lowest BCUT2D eigenvalue weighted by Crippen LogP contribution is -2.38. The van der Waals surface area contributed by atoms with E-state index in [9.17, 15) is 31.0 Å². The Balaban J connectivity index is 1.51. The second-order valence-corrected chi connectivity index (χ2v) is 24.3. The molecule has 4 aromatic carbocycles. The average molecular weight is 976 g/mol. The summed E-state index contributed by atoms with van der Waals surface area (Å²) in [5.74, 6) is -0.0498. The molecule has 0 spiro atoms. The van der Waals surface area contributed by atoms with E-state index in [0.29, 0.717) is 77.2 Å². The smallest absolute Gasteiger partial charge is 0.295 e. The molecule has 13 nitrogen and oxygen atoms in total. The predicted octanol–water partition coefficient (Wildman–Crippen LogP) is 12.2. The minimum atomic E-state index is -4.79. The van der Waals surface area contributed by atoms with Crippen LogP contribution in [0.3, 0.4) is 0 Å². The van der Waals surface area contributed by atoms with Crippen LogP contribution in [0.25, 0.3) is 33.4 Å². The lowest BCUT2D eigenvalue weighted by molar-refractivity contribution is -0.118. The molecule has 1 aliphatic carbocycles. The first-order valence-electron chi connectivity index (χ1n) is 23.4. The lowest BCUT2D eigenvalue weighted by Gasteiger charge is -2.27. The van der Waals surface area contributed by atoms with Crippen molar-refractivity contribution in [3.8, 4) is 22.5 Å². The van der Waals surface area contributed by atoms with Gasteiger partial charge in [-0.05, 0) is 123 Å². The van der Waals surface area contributed by atoms with Crippen molar-refractivity contribution in [2.75, 3.05) is 29.0 Å². The van der Waals surface area contributed by atoms with Crippen LogP contribution in [0.5, 0.6) is 0 Å². The molecule has 0 saturated carbocycles. The van der Waals surface area contributed by atoms with Gasteiger partial charge in [-0.15, -0.1) is 0 Å². The van der Waals surface area contributed by atoms with Crippen molar-refractivity contribution in [2.24, 2.45) is 15.8 Å². The quantitative estimate of drug-likeness (QED) is 0.0724. The maximum absolute atomic E-state index is 15.0. The van der Waals surface area contributed by atoms with Crippen molar-refractivity contribution < 1.29 is 35.4 Å². The molecule has 3 aliphatic rings. The van der Waals surface area contributed by atoms with E-state index in [1.165, 1.54) is 22.5 Å². The number of aryl methyl sites for hydroxylation is 4. The van der Waals surface area contributed by atoms with E-state index >= 15 is 0 Å². The molecule has 366 valence electrons. The Morgan fingerprint density at radius 1 is 0.667 bits per heavy atom. The Morgan fingerprint density at radius 3 is 1.83 bits per heavy atom. The first-order valence-corrected chi connectivity index (χ1v) is 26.3. The van der Waals surface area contributed by atoms with Gasteiger partial charge in [0.2, 0.25) is 21.8 Å². The molecule has 2 aliphatic heterocycles. The molecular weight excluding hydrogens is 911 g/mol. The van der Waals surface area contributed by atoms with Gasteiger partial charge in [0.15, 0.2) is 0 Å². The summed E-state index contributed by atoms with van der Waals surface area (Å²) in [4.78, 5) is 31.1. The number of fused-ring (bicyclic) bond motifs is 2. The molecule has 1 fully saturated rings. The third-order valence-corrected chi connectivity index (χ3v) is 15.3. The highest BCUT2D eigenvalue weighted by atomic mass is 32.2. The molecule has 0 unspecified atom stereocenters. The van der Waals surface area contributed by atoms with Gasteiger partial charge in [0, 0.05) is 82.9 Å². The topological polar surface area (TPSA) is 187 Å². The number of hydrogen-bond donors (Lipinski definition) is 4. The maximum Gasteiger partial charge on any atom is 0.295 e. The standard InChI is InChI=1S/C54H65N5O8S2/c1-31-24-33(3)51(57-46(60)29-53(7,8)9)35(5)49(31)55-37-20-21-38-42(26-37)67-43-28-41(56-50-32(2)25-34(4)52(36(50)6)58-47(61)30-54(10,11)12)45(68(62,63)59-22-16-13-17-23-59)27-40(43)48(38)39-18-14-15-19-44(39)69(64,65)66/h14-15,18-21,24-28,55H,13,16-17,22-23,29-30H2,1-12H3,(H,57,60)(H,58,61)(H,64,65,66)/b56-41+. The van der Waals surface area contributed by atoms with Crippen LogP contribution in [0.4, 0.5) is 28.4 Å². The number of rotatable bonds is 11. The molecule has 1 saturated heterocycles. The zero-order valence-electron chi connectivity index (χ0n) is 41.8. The fourth-order valence-electron chi connectivity index (χ4n) is 9.42. The van der Waals surface area contributed by atoms with Gasteiger partial charge in [-0.25, -0.2) is 13.4 Å². The van der Waals surface area contributed by atoms with Gasteiger partial charge in [0.1, 0.15) is 21.1 Å². The first-order chi connectivity index (χ1) is 32.1. The Morgan fingerprint density at radius 2 is 1.23 bits per heavy atom. The number of amides is 2. The summed E-state index contributed by atoms with van der Waals surface area (Å²) in [6.45, 7) is 24.2. The second kappa shape index (κ2) is 19.1. The van der Waals surface area contributed by atoms with Crippen molar-refractivity contribution in [1.82, 2.24) is 4.31 Å². The third-order valence-electron chi connectivity index (χ3n) is 12.5. The summed E-state index contributed by atoms with van der Waals surface area (Å²) >= 11 is 0. The Hall–Kier alpha value is -5.87. The molecule has 2 amide bonds. The van der Waals surface area contributed by atoms with Crippen LogP contribution in [-0.2, 0) is 29.7 Å². The summed E-state index contributed by atoms with van der Waals surface area (Å²) in [5, 5.41) is 10.3. The second-order valence-electron chi connectivity index (χ2n) is 21.0. The van der Waals surface area contributed by atoms with Gasteiger partial charge in [0.25, 0.3) is 10.1 Å². The third kappa shape index (κ3) is 11.1. The molecule has 69 heavy (non-hydrogen) atoms. The van der Waals surface area contributed by atoms with Crippen LogP contribution in [0, 0.1) is 52.4 Å². The highest BCUT2D eigenvalue weighted by Gasteiger charge is 2.32. The Kier molecular flexibility index (Phi) is 14.1. The largest absolute Gasteiger partial charge is 0.456 e. The lowest BCUT2D eigenvalue weighted by atomic mass is 9.91. The fraction of sp³-hybridized carbons (Fsp3) is 0.389. The minimum absolute atomic E-state index is 0.0911. The molecule has 2 heterocycles. The van der Waals surface area contributed by atoms with Gasteiger partial charge in [0.05, 0.1) is 11.0 Å². The van der Waals surface area contributed by atoms with Crippen molar-refractivity contribution in [3.05, 3.63) is 105 Å². The number of benzene rings is 5. The normalized spacial score (nSPS) is 14.4. The van der Waals surface area contributed by atoms with E-state index < -0.39 is 20.1 Å². The number of hydrogen-bond acceptors (Lipinski definition) is 9. The molecule has 0 aromatic heterocycles. The number of piperidine rings is 1. The molecular formula is C54H65N5O8S2. The summed E-state index contributed by atoms with van der Waals surface area (Å²) in [6.07, 6.45) is 2.89. The SMILES string of the molecule is Cc1cc(C)c(NC(=O)CC(C)(C)C)c(C)c1/N=c1\cc2oc3cc(Nc4c(C)cc(C)c(NC(=O)CC(C)(C)C)c4C)ccc3c(-c3ccccc3S(=O)(=O)O)c-2cc1S(=O)(=O)N1CCCCC1. The predicted molar refractivity (Wildman–Crippen MR) is 276 cm³/mol. The molecule has 0 radical (unpaired) electrons. The van der Waals surface area contributed by atoms with Crippen LogP contribution >= 0.6 is 0 Å². The number of sulfonamides is 1. The summed E-state index contributed by atoms with van der Waals surface area (Å²) < 4.78 is 75.1. The van der Waals surface area contributed by atoms with Gasteiger partial charge in [-0.3, -0.25) is 14.1 Å². The number of carbonyl (C=O) groups is 2. The van der Waals surface area contributed by atoms with E-state index in [1.807, 2.05) is 101 Å². The molecule has 0 bridgehead atoms. The molecule has 0 atom stereocenters. The van der Waals surface area contributed by atoms with Crippen LogP contribution in [0.15, 0.2) is 85.9 Å². The highest BCUT2D eigenvalue weighted by Crippen LogP contribution is 2.45. The van der Waals surface area contributed by atoms with Crippen LogP contribution < -0.4 is 21.3 Å². The first kappa shape index (κ1) is 51.0. The molecule has 4 aromatic rings. The Labute approximate surface area is 407 Å². The van der Waals surface area contributed by atoms with Crippen LogP contribution in [0.1, 0.15) is 107 Å². The van der Waals surface area contributed by atoms with Crippen molar-refractivity contribution in [1.29, 1.82) is 0 Å². The van der Waals surface area contributed by atoms with E-state index in [-0.39, 0.29) is 61.1 Å². The van der Waals surface area contributed by atoms with Gasteiger partial charge in [-0.1, -0.05) is 78.3 Å². The van der Waals surface area contributed by atoms with Crippen molar-refractivity contribution >= 4 is 71.4 Å². The van der Waals surface area contributed by atoms with E-state index in [2.05, 4.69) is 16.0 Å². The van der Waals surface area contributed by atoms with Gasteiger partial charge >= 0.3 is 0 Å².